The zero-order chi connectivity index (χ0) is 23.2. The molecule has 2 aromatic rings. The van der Waals surface area contributed by atoms with Crippen molar-refractivity contribution >= 4 is 29.7 Å². The molecule has 1 aromatic carbocycles. The van der Waals surface area contributed by atoms with Crippen LogP contribution in [0.4, 0.5) is 5.95 Å². The molecule has 0 radical (unpaired) electrons. The Morgan fingerprint density at radius 3 is 2.70 bits per heavy atom. The van der Waals surface area contributed by atoms with Gasteiger partial charge in [-0.15, -0.1) is 0 Å². The fourth-order valence-corrected chi connectivity index (χ4v) is 4.27. The van der Waals surface area contributed by atoms with Gasteiger partial charge >= 0.3 is 0 Å². The summed E-state index contributed by atoms with van der Waals surface area (Å²) in [6.07, 6.45) is 5.47. The average molecular weight is 449 g/mol. The molecule has 5 N–H and O–H groups in total. The number of rotatable bonds is 8. The van der Waals surface area contributed by atoms with Crippen LogP contribution < -0.4 is 16.5 Å². The predicted octanol–water partition coefficient (Wildman–Crippen LogP) is 0.801. The van der Waals surface area contributed by atoms with Crippen LogP contribution in [0.25, 0.3) is 0 Å². The van der Waals surface area contributed by atoms with E-state index < -0.39 is 0 Å². The number of hydrazone groups is 1. The van der Waals surface area contributed by atoms with Crippen LogP contribution in [0.5, 0.6) is 0 Å². The molecule has 0 bridgehead atoms. The molecule has 172 valence electrons. The van der Waals surface area contributed by atoms with Crippen molar-refractivity contribution in [2.75, 3.05) is 18.4 Å². The van der Waals surface area contributed by atoms with E-state index >= 15 is 0 Å². The molecule has 4 rings (SSSR count). The van der Waals surface area contributed by atoms with Gasteiger partial charge in [-0.05, 0) is 24.0 Å². The van der Waals surface area contributed by atoms with E-state index in [1.54, 1.807) is 11.1 Å². The number of amides is 2. The van der Waals surface area contributed by atoms with E-state index in [-0.39, 0.29) is 36.9 Å². The molecule has 33 heavy (non-hydrogen) atoms. The molecule has 1 aromatic heterocycles. The van der Waals surface area contributed by atoms with Gasteiger partial charge in [0.15, 0.2) is 0 Å². The van der Waals surface area contributed by atoms with Gasteiger partial charge in [-0.3, -0.25) is 9.59 Å². The Kier molecular flexibility index (Phi) is 6.92. The van der Waals surface area contributed by atoms with Crippen LogP contribution in [0, 0.1) is 5.41 Å². The van der Waals surface area contributed by atoms with Gasteiger partial charge in [0.05, 0.1) is 17.8 Å². The highest BCUT2D eigenvalue weighted by molar-refractivity contribution is 6.33. The van der Waals surface area contributed by atoms with Gasteiger partial charge in [0.25, 0.3) is 0 Å². The van der Waals surface area contributed by atoms with Crippen molar-refractivity contribution in [1.29, 1.82) is 5.41 Å². The maximum Gasteiger partial charge on any atom is 0.226 e. The number of nitrogens with zero attached hydrogens (tertiary/aromatic N) is 4. The summed E-state index contributed by atoms with van der Waals surface area (Å²) in [7, 11) is 0. The predicted molar refractivity (Wildman–Crippen MR) is 125 cm³/mol. The Balaban J connectivity index is 1.25. The first kappa shape index (κ1) is 22.4. The highest BCUT2D eigenvalue weighted by Crippen LogP contribution is 2.24. The Labute approximate surface area is 192 Å². The summed E-state index contributed by atoms with van der Waals surface area (Å²) in [5, 5.41) is 16.6. The second-order valence-corrected chi connectivity index (χ2v) is 8.29. The minimum atomic E-state index is -0.321. The quantitative estimate of drug-likeness (QED) is 0.267. The van der Waals surface area contributed by atoms with Crippen LogP contribution in [0.2, 0.25) is 0 Å². The first-order valence-corrected chi connectivity index (χ1v) is 11.1. The van der Waals surface area contributed by atoms with E-state index in [2.05, 4.69) is 45.0 Å². The van der Waals surface area contributed by atoms with Crippen LogP contribution in [-0.4, -0.2) is 57.7 Å². The molecule has 1 aliphatic heterocycles. The van der Waals surface area contributed by atoms with Crippen molar-refractivity contribution in [3.8, 4) is 0 Å². The smallest absolute Gasteiger partial charge is 0.226 e. The minimum absolute atomic E-state index is 0.0355. The zero-order valence-corrected chi connectivity index (χ0v) is 18.4. The fraction of sp³-hybridized carbons (Fsp3) is 0.391. The zero-order valence-electron chi connectivity index (χ0n) is 18.4. The van der Waals surface area contributed by atoms with Gasteiger partial charge in [0.2, 0.25) is 17.8 Å². The summed E-state index contributed by atoms with van der Waals surface area (Å²) in [6.45, 7) is 1.28. The van der Waals surface area contributed by atoms with Crippen molar-refractivity contribution in [2.24, 2.45) is 10.9 Å². The summed E-state index contributed by atoms with van der Waals surface area (Å²) in [6, 6.07) is 8.78. The van der Waals surface area contributed by atoms with Crippen LogP contribution in [0.3, 0.4) is 0 Å². The lowest BCUT2D eigenvalue weighted by Crippen LogP contribution is -2.38. The molecule has 0 unspecified atom stereocenters. The van der Waals surface area contributed by atoms with Crippen LogP contribution >= 0.6 is 0 Å². The standard InChI is InChI=1S/C23H28N8O2/c24-12-19(30-25)11-21(32)26-7-5-22(33)31-8-6-20-17(14-31)13-27-23(29-20)28-18-9-15-3-1-2-4-16(15)10-18/h1-4,12-13,18,24H,5-11,14,25H2,(H,26,32)(H,27,28,29)/b24-12?,30-19-. The molecule has 10 nitrogen and oxygen atoms in total. The second kappa shape index (κ2) is 10.2. The molecule has 2 heterocycles. The molecule has 0 saturated heterocycles. The highest BCUT2D eigenvalue weighted by atomic mass is 16.2. The van der Waals surface area contributed by atoms with Crippen LogP contribution in [0.1, 0.15) is 35.2 Å². The Morgan fingerprint density at radius 2 is 2.00 bits per heavy atom. The molecule has 0 saturated carbocycles. The first-order chi connectivity index (χ1) is 16.1. The summed E-state index contributed by atoms with van der Waals surface area (Å²) in [5.74, 6) is 5.38. The van der Waals surface area contributed by atoms with Gasteiger partial charge < -0.3 is 26.8 Å². The number of nitrogens with two attached hydrogens (primary N) is 1. The summed E-state index contributed by atoms with van der Waals surface area (Å²) in [5.41, 5.74) is 4.86. The third kappa shape index (κ3) is 5.51. The molecule has 2 amide bonds. The number of anilines is 1. The fourth-order valence-electron chi connectivity index (χ4n) is 4.27. The largest absolute Gasteiger partial charge is 0.355 e. The number of nitrogens with one attached hydrogen (secondary N) is 3. The van der Waals surface area contributed by atoms with E-state index in [9.17, 15) is 9.59 Å². The third-order valence-corrected chi connectivity index (χ3v) is 6.01. The summed E-state index contributed by atoms with van der Waals surface area (Å²) in [4.78, 5) is 35.3. The Morgan fingerprint density at radius 1 is 1.24 bits per heavy atom. The molecular formula is C23H28N8O2. The monoisotopic (exact) mass is 448 g/mol. The topological polar surface area (TPSA) is 149 Å². The average Bonchev–Trinajstić information content (AvgIpc) is 3.24. The number of hydrogen-bond acceptors (Lipinski definition) is 8. The van der Waals surface area contributed by atoms with Gasteiger partial charge in [-0.2, -0.15) is 5.10 Å². The Bertz CT molecular complexity index is 1060. The molecule has 0 spiro atoms. The van der Waals surface area contributed by atoms with E-state index in [1.165, 1.54) is 11.1 Å². The lowest BCUT2D eigenvalue weighted by Gasteiger charge is -2.28. The molecular weight excluding hydrogens is 420 g/mol. The van der Waals surface area contributed by atoms with Crippen molar-refractivity contribution in [3.63, 3.8) is 0 Å². The Hall–Kier alpha value is -3.82. The van der Waals surface area contributed by atoms with Crippen molar-refractivity contribution in [1.82, 2.24) is 20.2 Å². The number of carbonyl (C=O) groups excluding carboxylic acids is 2. The van der Waals surface area contributed by atoms with E-state index in [4.69, 9.17) is 16.2 Å². The lowest BCUT2D eigenvalue weighted by atomic mass is 10.1. The first-order valence-electron chi connectivity index (χ1n) is 11.1. The van der Waals surface area contributed by atoms with Crippen molar-refractivity contribution in [2.45, 2.75) is 44.7 Å². The molecule has 0 fully saturated rings. The van der Waals surface area contributed by atoms with E-state index in [1.807, 2.05) is 0 Å². The van der Waals surface area contributed by atoms with E-state index in [0.29, 0.717) is 31.5 Å². The van der Waals surface area contributed by atoms with Gasteiger partial charge in [-0.1, -0.05) is 24.3 Å². The highest BCUT2D eigenvalue weighted by Gasteiger charge is 2.24. The number of benzene rings is 1. The SMILES string of the molecule is N=C/C(CC(=O)NCCC(=O)N1CCc2nc(NC3Cc4ccccc4C3)ncc2C1)=N\N. The number of aromatic nitrogens is 2. The van der Waals surface area contributed by atoms with Crippen molar-refractivity contribution < 1.29 is 9.59 Å². The second-order valence-electron chi connectivity index (χ2n) is 8.29. The molecule has 10 heteroatoms. The number of carbonyl (C=O) groups is 2. The molecule has 0 atom stereocenters. The van der Waals surface area contributed by atoms with Crippen LogP contribution in [0.15, 0.2) is 35.6 Å². The lowest BCUT2D eigenvalue weighted by molar-refractivity contribution is -0.132. The van der Waals surface area contributed by atoms with Crippen LogP contribution in [-0.2, 0) is 35.4 Å². The maximum absolute atomic E-state index is 12.6. The van der Waals surface area contributed by atoms with E-state index in [0.717, 1.165) is 30.3 Å². The molecule has 2 aliphatic rings. The third-order valence-electron chi connectivity index (χ3n) is 6.01. The van der Waals surface area contributed by atoms with Gasteiger partial charge in [0, 0.05) is 56.5 Å². The van der Waals surface area contributed by atoms with Crippen molar-refractivity contribution in [3.05, 3.63) is 52.8 Å². The molecule has 1 aliphatic carbocycles. The normalized spacial score (nSPS) is 15.5. The minimum Gasteiger partial charge on any atom is -0.355 e. The maximum atomic E-state index is 12.6. The summed E-state index contributed by atoms with van der Waals surface area (Å²) >= 11 is 0. The summed E-state index contributed by atoms with van der Waals surface area (Å²) < 4.78 is 0. The van der Waals surface area contributed by atoms with Gasteiger partial charge in [0.1, 0.15) is 0 Å². The number of fused-ring (bicyclic) bond motifs is 2. The number of hydrogen-bond donors (Lipinski definition) is 4. The van der Waals surface area contributed by atoms with Gasteiger partial charge in [-0.25, -0.2) is 9.97 Å².